The van der Waals surface area contributed by atoms with Crippen molar-refractivity contribution in [3.05, 3.63) is 30.3 Å². The monoisotopic (exact) mass is 234 g/mol. The number of nitrogens with one attached hydrogen (secondary N) is 2. The number of hydrogen-bond donors (Lipinski definition) is 3. The lowest BCUT2D eigenvalue weighted by Crippen LogP contribution is -2.40. The van der Waals surface area contributed by atoms with Crippen molar-refractivity contribution in [3.63, 3.8) is 0 Å². The van der Waals surface area contributed by atoms with Crippen LogP contribution in [0.4, 0.5) is 10.5 Å². The minimum atomic E-state index is -0.190. The van der Waals surface area contributed by atoms with Gasteiger partial charge in [0.2, 0.25) is 0 Å². The Labute approximate surface area is 101 Å². The SMILES string of the molecule is O=C(Nc1ccccc1)N[C@H]1CC[C@H](O)CC1. The number of anilines is 1. The topological polar surface area (TPSA) is 61.4 Å². The van der Waals surface area contributed by atoms with E-state index in [-0.39, 0.29) is 18.2 Å². The van der Waals surface area contributed by atoms with Crippen molar-refractivity contribution in [2.24, 2.45) is 0 Å². The first-order valence-corrected chi connectivity index (χ1v) is 6.04. The Hall–Kier alpha value is -1.55. The van der Waals surface area contributed by atoms with Gasteiger partial charge in [-0.25, -0.2) is 4.79 Å². The van der Waals surface area contributed by atoms with Crippen LogP contribution < -0.4 is 10.6 Å². The summed E-state index contributed by atoms with van der Waals surface area (Å²) in [7, 11) is 0. The smallest absolute Gasteiger partial charge is 0.319 e. The molecule has 4 nitrogen and oxygen atoms in total. The summed E-state index contributed by atoms with van der Waals surface area (Å²) in [4.78, 5) is 11.7. The fourth-order valence-corrected chi connectivity index (χ4v) is 2.09. The maximum atomic E-state index is 11.7. The van der Waals surface area contributed by atoms with Gasteiger partial charge < -0.3 is 15.7 Å². The molecule has 0 bridgehead atoms. The van der Waals surface area contributed by atoms with Gasteiger partial charge in [-0.15, -0.1) is 0 Å². The molecule has 0 aliphatic heterocycles. The number of carbonyl (C=O) groups is 1. The second-order valence-electron chi connectivity index (χ2n) is 4.47. The normalized spacial score (nSPS) is 24.1. The van der Waals surface area contributed by atoms with Gasteiger partial charge in [0.1, 0.15) is 0 Å². The molecule has 0 aromatic heterocycles. The average molecular weight is 234 g/mol. The molecule has 1 aliphatic carbocycles. The van der Waals surface area contributed by atoms with Gasteiger partial charge in [0.15, 0.2) is 0 Å². The summed E-state index contributed by atoms with van der Waals surface area (Å²) < 4.78 is 0. The Morgan fingerprint density at radius 2 is 1.76 bits per heavy atom. The maximum Gasteiger partial charge on any atom is 0.319 e. The molecule has 0 unspecified atom stereocenters. The number of hydrogen-bond acceptors (Lipinski definition) is 2. The van der Waals surface area contributed by atoms with Crippen molar-refractivity contribution in [1.82, 2.24) is 5.32 Å². The molecule has 4 heteroatoms. The van der Waals surface area contributed by atoms with Gasteiger partial charge in [0.25, 0.3) is 0 Å². The molecule has 2 rings (SSSR count). The van der Waals surface area contributed by atoms with Gasteiger partial charge in [0, 0.05) is 11.7 Å². The Kier molecular flexibility index (Phi) is 3.98. The van der Waals surface area contributed by atoms with Crippen molar-refractivity contribution in [2.75, 3.05) is 5.32 Å². The molecule has 3 N–H and O–H groups in total. The molecule has 1 aromatic carbocycles. The Bertz CT molecular complexity index is 359. The fourth-order valence-electron chi connectivity index (χ4n) is 2.09. The van der Waals surface area contributed by atoms with Crippen LogP contribution >= 0.6 is 0 Å². The van der Waals surface area contributed by atoms with E-state index in [1.807, 2.05) is 30.3 Å². The van der Waals surface area contributed by atoms with Crippen LogP contribution in [0.5, 0.6) is 0 Å². The molecule has 0 spiro atoms. The summed E-state index contributed by atoms with van der Waals surface area (Å²) in [6, 6.07) is 9.39. The van der Waals surface area contributed by atoms with Gasteiger partial charge in [0.05, 0.1) is 6.10 Å². The van der Waals surface area contributed by atoms with Crippen LogP contribution in [0.2, 0.25) is 0 Å². The van der Waals surface area contributed by atoms with Crippen LogP contribution in [0.25, 0.3) is 0 Å². The Morgan fingerprint density at radius 3 is 2.41 bits per heavy atom. The lowest BCUT2D eigenvalue weighted by Gasteiger charge is -2.26. The third kappa shape index (κ3) is 3.75. The molecule has 92 valence electrons. The molecule has 0 saturated heterocycles. The second kappa shape index (κ2) is 5.68. The van der Waals surface area contributed by atoms with Gasteiger partial charge in [-0.1, -0.05) is 18.2 Å². The molecule has 1 saturated carbocycles. The van der Waals surface area contributed by atoms with Crippen molar-refractivity contribution in [3.8, 4) is 0 Å². The number of para-hydroxylation sites is 1. The van der Waals surface area contributed by atoms with Crippen molar-refractivity contribution in [1.29, 1.82) is 0 Å². The van der Waals surface area contributed by atoms with E-state index in [0.29, 0.717) is 0 Å². The number of rotatable bonds is 2. The number of aliphatic hydroxyl groups excluding tert-OH is 1. The zero-order valence-corrected chi connectivity index (χ0v) is 9.73. The van der Waals surface area contributed by atoms with Crippen molar-refractivity contribution >= 4 is 11.7 Å². The van der Waals surface area contributed by atoms with Gasteiger partial charge in [-0.3, -0.25) is 0 Å². The molecular weight excluding hydrogens is 216 g/mol. The van der Waals surface area contributed by atoms with E-state index in [4.69, 9.17) is 0 Å². The summed E-state index contributed by atoms with van der Waals surface area (Å²) in [5, 5.41) is 15.1. The third-order valence-electron chi connectivity index (χ3n) is 3.06. The average Bonchev–Trinajstić information content (AvgIpc) is 2.33. The second-order valence-corrected chi connectivity index (χ2v) is 4.47. The minimum absolute atomic E-state index is 0.169. The van der Waals surface area contributed by atoms with Crippen LogP contribution in [0.3, 0.4) is 0 Å². The van der Waals surface area contributed by atoms with Crippen molar-refractivity contribution in [2.45, 2.75) is 37.8 Å². The van der Waals surface area contributed by atoms with E-state index >= 15 is 0 Å². The highest BCUT2D eigenvalue weighted by Crippen LogP contribution is 2.18. The van der Waals surface area contributed by atoms with Crippen LogP contribution in [0.1, 0.15) is 25.7 Å². The summed E-state index contributed by atoms with van der Waals surface area (Å²) in [6.07, 6.45) is 3.06. The van der Waals surface area contributed by atoms with Crippen LogP contribution in [-0.2, 0) is 0 Å². The number of amides is 2. The predicted molar refractivity (Wildman–Crippen MR) is 66.9 cm³/mol. The van der Waals surface area contributed by atoms with E-state index < -0.39 is 0 Å². The highest BCUT2D eigenvalue weighted by molar-refractivity contribution is 5.89. The van der Waals surface area contributed by atoms with E-state index in [1.165, 1.54) is 0 Å². The van der Waals surface area contributed by atoms with E-state index in [0.717, 1.165) is 31.4 Å². The van der Waals surface area contributed by atoms with Gasteiger partial charge >= 0.3 is 6.03 Å². The number of benzene rings is 1. The van der Waals surface area contributed by atoms with Crippen LogP contribution in [-0.4, -0.2) is 23.3 Å². The molecule has 0 atom stereocenters. The van der Waals surface area contributed by atoms with Gasteiger partial charge in [-0.05, 0) is 37.8 Å². The number of urea groups is 1. The Morgan fingerprint density at radius 1 is 1.12 bits per heavy atom. The molecule has 0 radical (unpaired) electrons. The molecule has 1 aromatic rings. The highest BCUT2D eigenvalue weighted by Gasteiger charge is 2.20. The number of carbonyl (C=O) groups excluding carboxylic acids is 1. The zero-order valence-electron chi connectivity index (χ0n) is 9.73. The summed E-state index contributed by atoms with van der Waals surface area (Å²) in [5.74, 6) is 0. The molecule has 17 heavy (non-hydrogen) atoms. The summed E-state index contributed by atoms with van der Waals surface area (Å²) in [6.45, 7) is 0. The third-order valence-corrected chi connectivity index (χ3v) is 3.06. The quantitative estimate of drug-likeness (QED) is 0.734. The van der Waals surface area contributed by atoms with E-state index in [2.05, 4.69) is 10.6 Å². The van der Waals surface area contributed by atoms with Crippen LogP contribution in [0.15, 0.2) is 30.3 Å². The minimum Gasteiger partial charge on any atom is -0.393 e. The van der Waals surface area contributed by atoms with E-state index in [9.17, 15) is 9.90 Å². The Balaban J connectivity index is 1.78. The molecule has 0 heterocycles. The molecule has 2 amide bonds. The highest BCUT2D eigenvalue weighted by atomic mass is 16.3. The zero-order chi connectivity index (χ0) is 12.1. The predicted octanol–water partition coefficient (Wildman–Crippen LogP) is 2.11. The first-order chi connectivity index (χ1) is 8.24. The van der Waals surface area contributed by atoms with Crippen LogP contribution in [0, 0.1) is 0 Å². The van der Waals surface area contributed by atoms with E-state index in [1.54, 1.807) is 0 Å². The van der Waals surface area contributed by atoms with Gasteiger partial charge in [-0.2, -0.15) is 0 Å². The fraction of sp³-hybridized carbons (Fsp3) is 0.462. The first kappa shape index (κ1) is 11.9. The molecule has 1 aliphatic rings. The lowest BCUT2D eigenvalue weighted by atomic mass is 9.93. The largest absolute Gasteiger partial charge is 0.393 e. The lowest BCUT2D eigenvalue weighted by molar-refractivity contribution is 0.118. The standard InChI is InChI=1S/C13H18N2O2/c16-12-8-6-11(7-9-12)15-13(17)14-10-4-2-1-3-5-10/h1-5,11-12,16H,6-9H2,(H2,14,15,17)/t11-,12-. The number of aliphatic hydroxyl groups is 1. The first-order valence-electron chi connectivity index (χ1n) is 6.04. The summed E-state index contributed by atoms with van der Waals surface area (Å²) >= 11 is 0. The molecule has 1 fully saturated rings. The molecular formula is C13H18N2O2. The summed E-state index contributed by atoms with van der Waals surface area (Å²) in [5.41, 5.74) is 0.792. The maximum absolute atomic E-state index is 11.7. The van der Waals surface area contributed by atoms with Crippen molar-refractivity contribution < 1.29 is 9.90 Å².